The number of sulfonamides is 1. The maximum absolute atomic E-state index is 13.3. The molecule has 0 spiro atoms. The average Bonchev–Trinajstić information content (AvgIpc) is 2.76. The predicted molar refractivity (Wildman–Crippen MR) is 130 cm³/mol. The normalized spacial score (nSPS) is 12.6. The largest absolute Gasteiger partial charge is 0.354 e. The molecule has 9 heteroatoms. The van der Waals surface area contributed by atoms with Crippen molar-refractivity contribution in [1.29, 1.82) is 0 Å². The van der Waals surface area contributed by atoms with Gasteiger partial charge in [0, 0.05) is 25.2 Å². The number of likely N-dealkylation sites (N-methyl/N-ethyl adjacent to an activating group) is 1. The van der Waals surface area contributed by atoms with E-state index >= 15 is 0 Å². The van der Waals surface area contributed by atoms with Gasteiger partial charge in [0.05, 0.1) is 11.4 Å². The van der Waals surface area contributed by atoms with E-state index in [4.69, 9.17) is 11.6 Å². The van der Waals surface area contributed by atoms with E-state index in [-0.39, 0.29) is 23.3 Å². The maximum Gasteiger partial charge on any atom is 0.243 e. The van der Waals surface area contributed by atoms with E-state index in [2.05, 4.69) is 5.32 Å². The number of benzene rings is 2. The van der Waals surface area contributed by atoms with Gasteiger partial charge in [-0.05, 0) is 49.6 Å². The quantitative estimate of drug-likeness (QED) is 0.549. The molecule has 2 aromatic rings. The number of carbonyl (C=O) groups is 2. The molecule has 0 radical (unpaired) electrons. The Morgan fingerprint density at radius 1 is 1.00 bits per heavy atom. The molecule has 7 nitrogen and oxygen atoms in total. The second kappa shape index (κ2) is 11.6. The van der Waals surface area contributed by atoms with Crippen LogP contribution in [0, 0.1) is 12.8 Å². The minimum absolute atomic E-state index is 0.107. The van der Waals surface area contributed by atoms with Gasteiger partial charge >= 0.3 is 0 Å². The fraction of sp³-hybridized carbons (Fsp3) is 0.417. The molecule has 33 heavy (non-hydrogen) atoms. The zero-order chi connectivity index (χ0) is 24.8. The lowest BCUT2D eigenvalue weighted by molar-refractivity contribution is -0.140. The first-order chi connectivity index (χ1) is 15.4. The van der Waals surface area contributed by atoms with E-state index in [1.54, 1.807) is 43.3 Å². The van der Waals surface area contributed by atoms with Crippen LogP contribution in [0.5, 0.6) is 0 Å². The smallest absolute Gasteiger partial charge is 0.243 e. The number of rotatable bonds is 10. The molecule has 0 aliphatic carbocycles. The SMILES string of the molecule is Cc1ccc(S(=O)(=O)N(C)CC(=O)N(Cc2ccc(Cl)cc2)[C@@H](C)C(=O)NCC(C)C)cc1. The van der Waals surface area contributed by atoms with Crippen LogP contribution < -0.4 is 5.32 Å². The van der Waals surface area contributed by atoms with Gasteiger partial charge in [0.2, 0.25) is 21.8 Å². The summed E-state index contributed by atoms with van der Waals surface area (Å²) in [6.07, 6.45) is 0. The molecule has 1 atom stereocenters. The van der Waals surface area contributed by atoms with E-state index in [1.165, 1.54) is 24.1 Å². The lowest BCUT2D eigenvalue weighted by atomic mass is 10.1. The monoisotopic (exact) mass is 493 g/mol. The zero-order valence-electron chi connectivity index (χ0n) is 19.7. The summed E-state index contributed by atoms with van der Waals surface area (Å²) in [6.45, 7) is 7.69. The van der Waals surface area contributed by atoms with Crippen molar-refractivity contribution in [3.8, 4) is 0 Å². The van der Waals surface area contributed by atoms with Crippen LogP contribution in [0.1, 0.15) is 31.9 Å². The average molecular weight is 494 g/mol. The Kier molecular flexibility index (Phi) is 9.46. The molecule has 0 aliphatic heterocycles. The number of nitrogens with one attached hydrogen (secondary N) is 1. The van der Waals surface area contributed by atoms with Crippen molar-refractivity contribution in [2.24, 2.45) is 5.92 Å². The Balaban J connectivity index is 2.24. The van der Waals surface area contributed by atoms with Gasteiger partial charge in [-0.2, -0.15) is 4.31 Å². The Labute approximate surface area is 201 Å². The fourth-order valence-corrected chi connectivity index (χ4v) is 4.32. The third kappa shape index (κ3) is 7.55. The van der Waals surface area contributed by atoms with Gasteiger partial charge in [-0.15, -0.1) is 0 Å². The first kappa shape index (κ1) is 26.8. The van der Waals surface area contributed by atoms with Crippen molar-refractivity contribution in [2.45, 2.75) is 45.2 Å². The van der Waals surface area contributed by atoms with Gasteiger partial charge < -0.3 is 10.2 Å². The molecule has 0 fully saturated rings. The van der Waals surface area contributed by atoms with Crippen LogP contribution in [0.25, 0.3) is 0 Å². The van der Waals surface area contributed by atoms with Crippen molar-refractivity contribution in [3.63, 3.8) is 0 Å². The molecule has 2 aromatic carbocycles. The highest BCUT2D eigenvalue weighted by Crippen LogP contribution is 2.17. The highest BCUT2D eigenvalue weighted by Gasteiger charge is 2.30. The van der Waals surface area contributed by atoms with Gasteiger partial charge in [0.15, 0.2) is 0 Å². The van der Waals surface area contributed by atoms with Gasteiger partial charge in [0.25, 0.3) is 0 Å². The summed E-state index contributed by atoms with van der Waals surface area (Å²) < 4.78 is 26.9. The Morgan fingerprint density at radius 3 is 2.12 bits per heavy atom. The zero-order valence-corrected chi connectivity index (χ0v) is 21.3. The van der Waals surface area contributed by atoms with Crippen LogP contribution in [0.4, 0.5) is 0 Å². The standard InChI is InChI=1S/C24H32ClN3O4S/c1-17(2)14-26-24(30)19(4)28(15-20-8-10-21(25)11-9-20)23(29)16-27(5)33(31,32)22-12-6-18(3)7-13-22/h6-13,17,19H,14-16H2,1-5H3,(H,26,30)/t19-/m0/s1. The number of aryl methyl sites for hydroxylation is 1. The summed E-state index contributed by atoms with van der Waals surface area (Å²) in [7, 11) is -2.50. The van der Waals surface area contributed by atoms with Crippen molar-refractivity contribution < 1.29 is 18.0 Å². The number of nitrogens with zero attached hydrogens (tertiary/aromatic N) is 2. The molecule has 0 bridgehead atoms. The number of hydrogen-bond acceptors (Lipinski definition) is 4. The lowest BCUT2D eigenvalue weighted by Crippen LogP contribution is -2.51. The molecule has 0 aromatic heterocycles. The van der Waals surface area contributed by atoms with Crippen molar-refractivity contribution in [2.75, 3.05) is 20.1 Å². The highest BCUT2D eigenvalue weighted by molar-refractivity contribution is 7.89. The van der Waals surface area contributed by atoms with Crippen LogP contribution in [0.2, 0.25) is 5.02 Å². The maximum atomic E-state index is 13.3. The number of amides is 2. The molecule has 0 heterocycles. The number of hydrogen-bond donors (Lipinski definition) is 1. The molecule has 2 amide bonds. The van der Waals surface area contributed by atoms with Gasteiger partial charge in [0.1, 0.15) is 6.04 Å². The van der Waals surface area contributed by atoms with Crippen molar-refractivity contribution in [3.05, 3.63) is 64.7 Å². The first-order valence-corrected chi connectivity index (χ1v) is 12.6. The minimum Gasteiger partial charge on any atom is -0.354 e. The predicted octanol–water partition coefficient (Wildman–Crippen LogP) is 3.46. The van der Waals surface area contributed by atoms with E-state index < -0.39 is 28.5 Å². The van der Waals surface area contributed by atoms with E-state index in [1.807, 2.05) is 20.8 Å². The van der Waals surface area contributed by atoms with Gasteiger partial charge in [-0.25, -0.2) is 8.42 Å². The van der Waals surface area contributed by atoms with E-state index in [0.29, 0.717) is 11.6 Å². The number of carbonyl (C=O) groups excluding carboxylic acids is 2. The lowest BCUT2D eigenvalue weighted by Gasteiger charge is -2.30. The van der Waals surface area contributed by atoms with Crippen molar-refractivity contribution in [1.82, 2.24) is 14.5 Å². The first-order valence-electron chi connectivity index (χ1n) is 10.8. The third-order valence-corrected chi connectivity index (χ3v) is 7.27. The van der Waals surface area contributed by atoms with Crippen LogP contribution in [-0.4, -0.2) is 55.6 Å². The second-order valence-corrected chi connectivity index (χ2v) is 11.0. The summed E-state index contributed by atoms with van der Waals surface area (Å²) in [4.78, 5) is 27.5. The van der Waals surface area contributed by atoms with Crippen LogP contribution in [-0.2, 0) is 26.2 Å². The fourth-order valence-electron chi connectivity index (χ4n) is 3.08. The molecular formula is C24H32ClN3O4S. The Bertz CT molecular complexity index is 1050. The molecule has 0 saturated carbocycles. The Morgan fingerprint density at radius 2 is 1.58 bits per heavy atom. The molecule has 180 valence electrons. The molecule has 1 N–H and O–H groups in total. The highest BCUT2D eigenvalue weighted by atomic mass is 35.5. The van der Waals surface area contributed by atoms with E-state index in [9.17, 15) is 18.0 Å². The summed E-state index contributed by atoms with van der Waals surface area (Å²) in [5, 5.41) is 3.40. The molecule has 0 unspecified atom stereocenters. The summed E-state index contributed by atoms with van der Waals surface area (Å²) in [5.74, 6) is -0.516. The van der Waals surface area contributed by atoms with Crippen LogP contribution in [0.15, 0.2) is 53.4 Å². The minimum atomic E-state index is -3.86. The molecule has 0 saturated heterocycles. The topological polar surface area (TPSA) is 86.8 Å². The summed E-state index contributed by atoms with van der Waals surface area (Å²) in [6, 6.07) is 12.6. The molecule has 2 rings (SSSR count). The van der Waals surface area contributed by atoms with Gasteiger partial charge in [-0.3, -0.25) is 9.59 Å². The summed E-state index contributed by atoms with van der Waals surface area (Å²) >= 11 is 5.96. The van der Waals surface area contributed by atoms with Crippen molar-refractivity contribution >= 4 is 33.4 Å². The molecular weight excluding hydrogens is 462 g/mol. The van der Waals surface area contributed by atoms with Crippen LogP contribution in [0.3, 0.4) is 0 Å². The Hall–Kier alpha value is -2.42. The second-order valence-electron chi connectivity index (χ2n) is 8.54. The van der Waals surface area contributed by atoms with Gasteiger partial charge in [-0.1, -0.05) is 55.3 Å². The third-order valence-electron chi connectivity index (χ3n) is 5.21. The molecule has 0 aliphatic rings. The van der Waals surface area contributed by atoms with Crippen LogP contribution >= 0.6 is 11.6 Å². The summed E-state index contributed by atoms with van der Waals surface area (Å²) in [5.41, 5.74) is 1.71. The number of halogens is 1. The van der Waals surface area contributed by atoms with E-state index in [0.717, 1.165) is 15.4 Å².